The number of aliphatic carboxylic acids is 1. The van der Waals surface area contributed by atoms with Crippen molar-refractivity contribution in [1.29, 1.82) is 0 Å². The molecule has 0 aliphatic carbocycles. The average Bonchev–Trinajstić information content (AvgIpc) is 2.14. The van der Waals surface area contributed by atoms with Crippen molar-refractivity contribution in [2.75, 3.05) is 7.11 Å². The van der Waals surface area contributed by atoms with Crippen LogP contribution in [0, 0.1) is 0 Å². The minimum Gasteiger partial charge on any atom is -0.479 e. The van der Waals surface area contributed by atoms with Crippen molar-refractivity contribution in [2.45, 2.75) is 12.5 Å². The summed E-state index contributed by atoms with van der Waals surface area (Å²) in [6, 6.07) is 7.08. The summed E-state index contributed by atoms with van der Waals surface area (Å²) in [5.74, 6) is -0.965. The van der Waals surface area contributed by atoms with Crippen molar-refractivity contribution in [3.63, 3.8) is 0 Å². The maximum absolute atomic E-state index is 10.7. The zero-order chi connectivity index (χ0) is 10.6. The van der Waals surface area contributed by atoms with Gasteiger partial charge in [-0.1, -0.05) is 23.7 Å². The molecule has 0 bridgehead atoms. The number of carboxylic acid groups (broad SMARTS) is 1. The number of carboxylic acids is 1. The molecule has 0 aromatic heterocycles. The minimum atomic E-state index is -0.965. The highest BCUT2D eigenvalue weighted by Crippen LogP contribution is 2.13. The van der Waals surface area contributed by atoms with Gasteiger partial charge in [-0.05, 0) is 17.7 Å². The zero-order valence-electron chi connectivity index (χ0n) is 7.74. The number of ether oxygens (including phenoxy) is 1. The zero-order valence-corrected chi connectivity index (χ0v) is 8.49. The van der Waals surface area contributed by atoms with E-state index in [0.29, 0.717) is 11.4 Å². The van der Waals surface area contributed by atoms with E-state index in [9.17, 15) is 4.79 Å². The Bertz CT molecular complexity index is 325. The minimum absolute atomic E-state index is 0.326. The lowest BCUT2D eigenvalue weighted by molar-refractivity contribution is -0.148. The topological polar surface area (TPSA) is 46.5 Å². The normalized spacial score (nSPS) is 12.4. The van der Waals surface area contributed by atoms with E-state index in [1.54, 1.807) is 18.2 Å². The van der Waals surface area contributed by atoms with Gasteiger partial charge in [-0.25, -0.2) is 4.79 Å². The molecule has 0 fully saturated rings. The van der Waals surface area contributed by atoms with Gasteiger partial charge >= 0.3 is 5.97 Å². The van der Waals surface area contributed by atoms with Gasteiger partial charge < -0.3 is 9.84 Å². The van der Waals surface area contributed by atoms with Gasteiger partial charge in [0.25, 0.3) is 0 Å². The molecule has 76 valence electrons. The number of methoxy groups -OCH3 is 1. The molecule has 0 aliphatic rings. The Labute approximate surface area is 87.3 Å². The van der Waals surface area contributed by atoms with Gasteiger partial charge in [0.1, 0.15) is 0 Å². The fourth-order valence-electron chi connectivity index (χ4n) is 1.15. The fraction of sp³-hybridized carbons (Fsp3) is 0.300. The summed E-state index contributed by atoms with van der Waals surface area (Å²) in [6.45, 7) is 0. The molecule has 0 unspecified atom stereocenters. The van der Waals surface area contributed by atoms with Crippen LogP contribution in [-0.2, 0) is 16.0 Å². The second-order valence-electron chi connectivity index (χ2n) is 2.90. The van der Waals surface area contributed by atoms with Crippen molar-refractivity contribution in [2.24, 2.45) is 0 Å². The average molecular weight is 215 g/mol. The van der Waals surface area contributed by atoms with E-state index in [2.05, 4.69) is 0 Å². The monoisotopic (exact) mass is 214 g/mol. The quantitative estimate of drug-likeness (QED) is 0.834. The number of hydrogen-bond donors (Lipinski definition) is 1. The molecule has 0 spiro atoms. The molecule has 1 atom stereocenters. The van der Waals surface area contributed by atoms with Crippen molar-refractivity contribution in [3.05, 3.63) is 34.9 Å². The van der Waals surface area contributed by atoms with Gasteiger partial charge in [-0.3, -0.25) is 0 Å². The Morgan fingerprint density at radius 2 is 2.36 bits per heavy atom. The number of halogens is 1. The summed E-state index contributed by atoms with van der Waals surface area (Å²) in [4.78, 5) is 10.7. The molecule has 1 rings (SSSR count). The lowest BCUT2D eigenvalue weighted by atomic mass is 10.1. The Hall–Kier alpha value is -1.06. The lowest BCUT2D eigenvalue weighted by Crippen LogP contribution is -2.24. The second-order valence-corrected chi connectivity index (χ2v) is 3.33. The predicted octanol–water partition coefficient (Wildman–Crippen LogP) is 1.98. The maximum atomic E-state index is 10.7. The summed E-state index contributed by atoms with van der Waals surface area (Å²) in [7, 11) is 1.38. The second kappa shape index (κ2) is 4.98. The van der Waals surface area contributed by atoms with Crippen molar-refractivity contribution < 1.29 is 14.6 Å². The molecule has 3 nitrogen and oxygen atoms in total. The van der Waals surface area contributed by atoms with E-state index < -0.39 is 12.1 Å². The molecule has 0 heterocycles. The SMILES string of the molecule is CO[C@H](Cc1cccc(Cl)c1)C(=O)O. The van der Waals surface area contributed by atoms with Crippen LogP contribution in [0.15, 0.2) is 24.3 Å². The van der Waals surface area contributed by atoms with Crippen LogP contribution in [-0.4, -0.2) is 24.3 Å². The van der Waals surface area contributed by atoms with E-state index in [4.69, 9.17) is 21.4 Å². The largest absolute Gasteiger partial charge is 0.479 e. The van der Waals surface area contributed by atoms with E-state index in [1.165, 1.54) is 7.11 Å². The molecular weight excluding hydrogens is 204 g/mol. The van der Waals surface area contributed by atoms with Crippen LogP contribution in [0.3, 0.4) is 0 Å². The third kappa shape index (κ3) is 3.01. The first-order valence-electron chi connectivity index (χ1n) is 4.13. The molecule has 14 heavy (non-hydrogen) atoms. The summed E-state index contributed by atoms with van der Waals surface area (Å²) in [6.07, 6.45) is -0.486. The van der Waals surface area contributed by atoms with Crippen LogP contribution >= 0.6 is 11.6 Å². The van der Waals surface area contributed by atoms with Crippen LogP contribution in [0.5, 0.6) is 0 Å². The lowest BCUT2D eigenvalue weighted by Gasteiger charge is -2.10. The van der Waals surface area contributed by atoms with Crippen LogP contribution in [0.2, 0.25) is 5.02 Å². The fourth-order valence-corrected chi connectivity index (χ4v) is 1.36. The van der Waals surface area contributed by atoms with Gasteiger partial charge in [0.15, 0.2) is 6.10 Å². The van der Waals surface area contributed by atoms with E-state index >= 15 is 0 Å². The highest BCUT2D eigenvalue weighted by Gasteiger charge is 2.16. The smallest absolute Gasteiger partial charge is 0.333 e. The van der Waals surface area contributed by atoms with Crippen molar-refractivity contribution in [3.8, 4) is 0 Å². The number of benzene rings is 1. The highest BCUT2D eigenvalue weighted by molar-refractivity contribution is 6.30. The molecule has 1 aromatic rings. The Morgan fingerprint density at radius 1 is 1.64 bits per heavy atom. The Kier molecular flexibility index (Phi) is 3.92. The Morgan fingerprint density at radius 3 is 2.86 bits per heavy atom. The standard InChI is InChI=1S/C10H11ClO3/c1-14-9(10(12)13)6-7-3-2-4-8(11)5-7/h2-5,9H,6H2,1H3,(H,12,13)/t9-/m1/s1. The van der Waals surface area contributed by atoms with Gasteiger partial charge in [0, 0.05) is 18.6 Å². The molecule has 0 saturated carbocycles. The van der Waals surface area contributed by atoms with Gasteiger partial charge in [-0.2, -0.15) is 0 Å². The van der Waals surface area contributed by atoms with E-state index in [1.807, 2.05) is 6.07 Å². The summed E-state index contributed by atoms with van der Waals surface area (Å²) < 4.78 is 4.81. The molecule has 0 saturated heterocycles. The number of rotatable bonds is 4. The first-order chi connectivity index (χ1) is 6.63. The van der Waals surface area contributed by atoms with E-state index in [0.717, 1.165) is 5.56 Å². The number of hydrogen-bond acceptors (Lipinski definition) is 2. The third-order valence-electron chi connectivity index (χ3n) is 1.87. The number of carbonyl (C=O) groups is 1. The third-order valence-corrected chi connectivity index (χ3v) is 2.11. The van der Waals surface area contributed by atoms with Crippen LogP contribution in [0.25, 0.3) is 0 Å². The highest BCUT2D eigenvalue weighted by atomic mass is 35.5. The maximum Gasteiger partial charge on any atom is 0.333 e. The summed E-state index contributed by atoms with van der Waals surface area (Å²) >= 11 is 5.76. The molecule has 1 N–H and O–H groups in total. The van der Waals surface area contributed by atoms with Crippen LogP contribution < -0.4 is 0 Å². The first kappa shape index (κ1) is 11.0. The predicted molar refractivity (Wildman–Crippen MR) is 53.6 cm³/mol. The summed E-state index contributed by atoms with van der Waals surface area (Å²) in [5, 5.41) is 9.35. The Balaban J connectivity index is 2.72. The van der Waals surface area contributed by atoms with Crippen molar-refractivity contribution >= 4 is 17.6 Å². The van der Waals surface area contributed by atoms with Gasteiger partial charge in [0.2, 0.25) is 0 Å². The molecule has 0 amide bonds. The van der Waals surface area contributed by atoms with Crippen molar-refractivity contribution in [1.82, 2.24) is 0 Å². The van der Waals surface area contributed by atoms with Crippen LogP contribution in [0.1, 0.15) is 5.56 Å². The molecule has 1 aromatic carbocycles. The first-order valence-corrected chi connectivity index (χ1v) is 4.51. The van der Waals surface area contributed by atoms with E-state index in [-0.39, 0.29) is 0 Å². The van der Waals surface area contributed by atoms with Crippen LogP contribution in [0.4, 0.5) is 0 Å². The summed E-state index contributed by atoms with van der Waals surface area (Å²) in [5.41, 5.74) is 0.853. The molecule has 0 radical (unpaired) electrons. The molecule has 4 heteroatoms. The van der Waals surface area contributed by atoms with Gasteiger partial charge in [0.05, 0.1) is 0 Å². The molecule has 0 aliphatic heterocycles. The molecular formula is C10H11ClO3. The van der Waals surface area contributed by atoms with Gasteiger partial charge in [-0.15, -0.1) is 0 Å².